The summed E-state index contributed by atoms with van der Waals surface area (Å²) in [6.07, 6.45) is 8.00. The van der Waals surface area contributed by atoms with Crippen LogP contribution in [-0.4, -0.2) is 0 Å². The fraction of sp³-hybridized carbons (Fsp3) is 0. The van der Waals surface area contributed by atoms with Crippen molar-refractivity contribution < 1.29 is 0 Å². The van der Waals surface area contributed by atoms with Gasteiger partial charge in [0.05, 0.1) is 10.0 Å². The van der Waals surface area contributed by atoms with Crippen LogP contribution < -0.4 is 0 Å². The van der Waals surface area contributed by atoms with Crippen LogP contribution in [0.2, 0.25) is 10.0 Å². The van der Waals surface area contributed by atoms with Gasteiger partial charge in [-0.05, 0) is 12.1 Å². The molecule has 0 amide bonds. The Labute approximate surface area is 70.8 Å². The zero-order valence-corrected chi connectivity index (χ0v) is 6.73. The van der Waals surface area contributed by atoms with Gasteiger partial charge in [0.15, 0.2) is 0 Å². The van der Waals surface area contributed by atoms with Gasteiger partial charge in [0.2, 0.25) is 0 Å². The van der Waals surface area contributed by atoms with Crippen LogP contribution in [0.5, 0.6) is 0 Å². The Hall–Kier alpha value is -0.640. The highest BCUT2D eigenvalue weighted by atomic mass is 35.5. The normalized spacial score (nSPS) is 7.60. The molecule has 0 heterocycles. The number of benzene rings is 1. The van der Waals surface area contributed by atoms with Crippen molar-refractivity contribution in [3.05, 3.63) is 34.3 Å². The third kappa shape index (κ3) is 2.77. The first kappa shape index (κ1) is 9.36. The summed E-state index contributed by atoms with van der Waals surface area (Å²) in [5.41, 5.74) is 0. The van der Waals surface area contributed by atoms with Crippen LogP contribution in [-0.2, 0) is 0 Å². The maximum Gasteiger partial charge on any atom is 0.0592 e. The average Bonchev–Trinajstić information content (AvgIpc) is 2.00. The zero-order chi connectivity index (χ0) is 7.98. The molecule has 0 nitrogen and oxygen atoms in total. The minimum Gasteiger partial charge on any atom is -0.124 e. The summed E-state index contributed by atoms with van der Waals surface area (Å²) in [7, 11) is 0. The third-order valence-electron chi connectivity index (χ3n) is 0.824. The van der Waals surface area contributed by atoms with Crippen LogP contribution in [0.25, 0.3) is 0 Å². The smallest absolute Gasteiger partial charge is 0.0592 e. The summed E-state index contributed by atoms with van der Waals surface area (Å²) in [5, 5.41) is 1.21. The number of hydrogen-bond donors (Lipinski definition) is 0. The van der Waals surface area contributed by atoms with Crippen LogP contribution in [0.4, 0.5) is 0 Å². The van der Waals surface area contributed by atoms with E-state index in [1.807, 2.05) is 12.1 Å². The summed E-state index contributed by atoms with van der Waals surface area (Å²) < 4.78 is 0. The molecule has 0 N–H and O–H groups in total. The van der Waals surface area contributed by atoms with Gasteiger partial charge in [0.25, 0.3) is 0 Å². The second kappa shape index (κ2) is 5.17. The summed E-state index contributed by atoms with van der Waals surface area (Å²) in [6, 6.07) is 7.19. The molecule has 10 heavy (non-hydrogen) atoms. The van der Waals surface area contributed by atoms with E-state index in [1.165, 1.54) is 0 Å². The quantitative estimate of drug-likeness (QED) is 0.528. The van der Waals surface area contributed by atoms with E-state index < -0.39 is 0 Å². The Morgan fingerprint density at radius 1 is 0.900 bits per heavy atom. The van der Waals surface area contributed by atoms with E-state index in [0.717, 1.165) is 0 Å². The Bertz CT molecular complexity index is 194. The summed E-state index contributed by atoms with van der Waals surface area (Å²) >= 11 is 11.2. The molecule has 0 aliphatic heterocycles. The van der Waals surface area contributed by atoms with Crippen molar-refractivity contribution in [2.45, 2.75) is 0 Å². The van der Waals surface area contributed by atoms with Crippen LogP contribution in [0, 0.1) is 12.8 Å². The van der Waals surface area contributed by atoms with Crippen molar-refractivity contribution in [1.82, 2.24) is 0 Å². The molecule has 0 fully saturated rings. The second-order valence-corrected chi connectivity index (χ2v) is 2.23. The van der Waals surface area contributed by atoms with Crippen LogP contribution >= 0.6 is 23.2 Å². The van der Waals surface area contributed by atoms with E-state index in [-0.39, 0.29) is 0 Å². The standard InChI is InChI=1S/C6H4Cl2.C2H2/c7-5-3-1-2-4-6(5)8;1-2/h1-4H;1-2H. The van der Waals surface area contributed by atoms with Crippen LogP contribution in [0.1, 0.15) is 0 Å². The molecule has 2 heteroatoms. The van der Waals surface area contributed by atoms with Gasteiger partial charge >= 0.3 is 0 Å². The lowest BCUT2D eigenvalue weighted by Gasteiger charge is -1.88. The van der Waals surface area contributed by atoms with E-state index in [1.54, 1.807) is 12.1 Å². The van der Waals surface area contributed by atoms with Crippen molar-refractivity contribution >= 4 is 23.2 Å². The molecule has 0 saturated carbocycles. The van der Waals surface area contributed by atoms with Crippen molar-refractivity contribution in [3.63, 3.8) is 0 Å². The molecular weight excluding hydrogens is 167 g/mol. The van der Waals surface area contributed by atoms with Crippen molar-refractivity contribution in [1.29, 1.82) is 0 Å². The molecule has 52 valence electrons. The fourth-order valence-electron chi connectivity index (χ4n) is 0.439. The lowest BCUT2D eigenvalue weighted by Crippen LogP contribution is -1.62. The topological polar surface area (TPSA) is 0 Å². The molecule has 1 rings (SSSR count). The van der Waals surface area contributed by atoms with E-state index >= 15 is 0 Å². The van der Waals surface area contributed by atoms with Crippen molar-refractivity contribution in [2.24, 2.45) is 0 Å². The first-order valence-electron chi connectivity index (χ1n) is 2.54. The van der Waals surface area contributed by atoms with E-state index in [2.05, 4.69) is 12.8 Å². The SMILES string of the molecule is C#C.Clc1ccccc1Cl. The predicted molar refractivity (Wildman–Crippen MR) is 46.4 cm³/mol. The molecular formula is C8H6Cl2. The highest BCUT2D eigenvalue weighted by Crippen LogP contribution is 2.19. The van der Waals surface area contributed by atoms with E-state index in [0.29, 0.717) is 10.0 Å². The Morgan fingerprint density at radius 3 is 1.40 bits per heavy atom. The molecule has 0 spiro atoms. The molecule has 0 aliphatic carbocycles. The Kier molecular flexibility index (Phi) is 4.84. The molecule has 0 unspecified atom stereocenters. The maximum atomic E-state index is 5.58. The minimum atomic E-state index is 0.606. The highest BCUT2D eigenvalue weighted by Gasteiger charge is 1.89. The number of halogens is 2. The lowest BCUT2D eigenvalue weighted by molar-refractivity contribution is 1.71. The van der Waals surface area contributed by atoms with Gasteiger partial charge in [-0.1, -0.05) is 35.3 Å². The second-order valence-electron chi connectivity index (χ2n) is 1.41. The lowest BCUT2D eigenvalue weighted by atomic mass is 10.4. The van der Waals surface area contributed by atoms with Crippen LogP contribution in [0.15, 0.2) is 24.3 Å². The average molecular weight is 173 g/mol. The van der Waals surface area contributed by atoms with Gasteiger partial charge < -0.3 is 0 Å². The molecule has 0 bridgehead atoms. The Balaban J connectivity index is 0.000000371. The van der Waals surface area contributed by atoms with Gasteiger partial charge in [0, 0.05) is 0 Å². The third-order valence-corrected chi connectivity index (χ3v) is 1.58. The fourth-order valence-corrected chi connectivity index (χ4v) is 0.711. The predicted octanol–water partition coefficient (Wildman–Crippen LogP) is 3.24. The first-order chi connectivity index (χ1) is 4.80. The number of hydrogen-bond acceptors (Lipinski definition) is 0. The van der Waals surface area contributed by atoms with Crippen molar-refractivity contribution in [3.8, 4) is 12.8 Å². The van der Waals surface area contributed by atoms with Crippen LogP contribution in [0.3, 0.4) is 0 Å². The highest BCUT2D eigenvalue weighted by molar-refractivity contribution is 6.41. The molecule has 0 atom stereocenters. The van der Waals surface area contributed by atoms with Gasteiger partial charge in [-0.3, -0.25) is 0 Å². The van der Waals surface area contributed by atoms with Gasteiger partial charge in [-0.2, -0.15) is 0 Å². The molecule has 0 aliphatic rings. The van der Waals surface area contributed by atoms with Gasteiger partial charge in [-0.15, -0.1) is 12.8 Å². The Morgan fingerprint density at radius 2 is 1.20 bits per heavy atom. The number of rotatable bonds is 0. The maximum absolute atomic E-state index is 5.58. The summed E-state index contributed by atoms with van der Waals surface area (Å²) in [4.78, 5) is 0. The van der Waals surface area contributed by atoms with Gasteiger partial charge in [-0.25, -0.2) is 0 Å². The van der Waals surface area contributed by atoms with Gasteiger partial charge in [0.1, 0.15) is 0 Å². The number of terminal acetylenes is 1. The largest absolute Gasteiger partial charge is 0.124 e. The molecule has 0 saturated heterocycles. The zero-order valence-electron chi connectivity index (χ0n) is 5.22. The minimum absolute atomic E-state index is 0.606. The first-order valence-corrected chi connectivity index (χ1v) is 3.29. The molecule has 1 aromatic rings. The summed E-state index contributed by atoms with van der Waals surface area (Å²) in [5.74, 6) is 0. The monoisotopic (exact) mass is 172 g/mol. The van der Waals surface area contributed by atoms with E-state index in [9.17, 15) is 0 Å². The molecule has 0 radical (unpaired) electrons. The molecule has 1 aromatic carbocycles. The van der Waals surface area contributed by atoms with Crippen molar-refractivity contribution in [2.75, 3.05) is 0 Å². The van der Waals surface area contributed by atoms with E-state index in [4.69, 9.17) is 23.2 Å². The summed E-state index contributed by atoms with van der Waals surface area (Å²) in [6.45, 7) is 0. The molecule has 0 aromatic heterocycles.